The summed E-state index contributed by atoms with van der Waals surface area (Å²) in [4.78, 5) is 30.1. The molecule has 0 atom stereocenters. The van der Waals surface area contributed by atoms with Crippen molar-refractivity contribution in [3.8, 4) is 11.5 Å². The Morgan fingerprint density at radius 1 is 1.12 bits per heavy atom. The second-order valence-electron chi connectivity index (χ2n) is 7.16. The van der Waals surface area contributed by atoms with Crippen LogP contribution in [0.3, 0.4) is 0 Å². The average molecular weight is 498 g/mol. The number of para-hydroxylation sites is 1. The standard InChI is InChI=1S/C24H23N3O5S2/c1-4-31-19-10-9-15(11-20(19)30-3)22(28)26-27-23(29)21-17(13-34-24-25-14(2)12-33-24)16-7-5-6-8-18(16)32-21/h5-12H,4,13H2,1-3H3,(H,26,28)(H,27,29). The fourth-order valence-electron chi connectivity index (χ4n) is 3.28. The van der Waals surface area contributed by atoms with Crippen molar-refractivity contribution in [3.05, 3.63) is 70.4 Å². The molecule has 0 radical (unpaired) electrons. The minimum atomic E-state index is -0.548. The number of methoxy groups -OCH3 is 1. The number of carbonyl (C=O) groups excluding carboxylic acids is 2. The van der Waals surface area contributed by atoms with E-state index < -0.39 is 11.8 Å². The summed E-state index contributed by atoms with van der Waals surface area (Å²) in [6, 6.07) is 12.2. The molecular weight excluding hydrogens is 474 g/mol. The second kappa shape index (κ2) is 10.6. The van der Waals surface area contributed by atoms with Gasteiger partial charge in [0.2, 0.25) is 0 Å². The van der Waals surface area contributed by atoms with E-state index in [1.807, 2.05) is 37.4 Å². The van der Waals surface area contributed by atoms with Crippen LogP contribution < -0.4 is 20.3 Å². The Kier molecular flexibility index (Phi) is 7.39. The third-order valence-electron chi connectivity index (χ3n) is 4.86. The fourth-order valence-corrected chi connectivity index (χ4v) is 5.16. The number of hydrogen-bond acceptors (Lipinski definition) is 8. The van der Waals surface area contributed by atoms with Crippen molar-refractivity contribution < 1.29 is 23.5 Å². The number of amides is 2. The van der Waals surface area contributed by atoms with E-state index in [-0.39, 0.29) is 5.76 Å². The van der Waals surface area contributed by atoms with Gasteiger partial charge in [0.1, 0.15) is 9.92 Å². The molecule has 10 heteroatoms. The van der Waals surface area contributed by atoms with E-state index in [0.717, 1.165) is 21.0 Å². The number of furan rings is 1. The Morgan fingerprint density at radius 2 is 1.91 bits per heavy atom. The van der Waals surface area contributed by atoms with Crippen LogP contribution in [0.5, 0.6) is 11.5 Å². The van der Waals surface area contributed by atoms with E-state index in [1.54, 1.807) is 35.6 Å². The van der Waals surface area contributed by atoms with Gasteiger partial charge in [0, 0.05) is 33.3 Å². The summed E-state index contributed by atoms with van der Waals surface area (Å²) < 4.78 is 17.5. The van der Waals surface area contributed by atoms with Crippen molar-refractivity contribution in [1.82, 2.24) is 15.8 Å². The monoisotopic (exact) mass is 497 g/mol. The van der Waals surface area contributed by atoms with Crippen LogP contribution in [-0.4, -0.2) is 30.5 Å². The van der Waals surface area contributed by atoms with Gasteiger partial charge in [0.25, 0.3) is 5.91 Å². The molecule has 2 N–H and O–H groups in total. The first-order chi connectivity index (χ1) is 16.5. The fraction of sp³-hybridized carbons (Fsp3) is 0.208. The number of fused-ring (bicyclic) bond motifs is 1. The molecule has 2 aromatic carbocycles. The number of thioether (sulfide) groups is 1. The molecule has 0 saturated heterocycles. The number of thiazole rings is 1. The van der Waals surface area contributed by atoms with Gasteiger partial charge in [-0.15, -0.1) is 11.3 Å². The highest BCUT2D eigenvalue weighted by molar-refractivity contribution is 8.00. The molecule has 0 unspecified atom stereocenters. The van der Waals surface area contributed by atoms with Crippen molar-refractivity contribution >= 4 is 45.9 Å². The first-order valence-corrected chi connectivity index (χ1v) is 12.3. The van der Waals surface area contributed by atoms with Crippen LogP contribution in [0.25, 0.3) is 11.0 Å². The summed E-state index contributed by atoms with van der Waals surface area (Å²) in [5, 5.41) is 2.82. The lowest BCUT2D eigenvalue weighted by atomic mass is 10.1. The van der Waals surface area contributed by atoms with E-state index >= 15 is 0 Å². The van der Waals surface area contributed by atoms with Crippen molar-refractivity contribution in [1.29, 1.82) is 0 Å². The van der Waals surface area contributed by atoms with Crippen LogP contribution >= 0.6 is 23.1 Å². The molecule has 2 amide bonds. The third kappa shape index (κ3) is 5.18. The van der Waals surface area contributed by atoms with Gasteiger partial charge in [-0.25, -0.2) is 4.98 Å². The largest absolute Gasteiger partial charge is 0.493 e. The van der Waals surface area contributed by atoms with Crippen LogP contribution in [0.2, 0.25) is 0 Å². The molecule has 0 aliphatic carbocycles. The van der Waals surface area contributed by atoms with Crippen LogP contribution in [0, 0.1) is 6.92 Å². The minimum Gasteiger partial charge on any atom is -0.493 e. The van der Waals surface area contributed by atoms with Crippen LogP contribution in [0.1, 0.15) is 39.1 Å². The number of hydrazine groups is 1. The van der Waals surface area contributed by atoms with Gasteiger partial charge in [-0.3, -0.25) is 20.4 Å². The molecule has 34 heavy (non-hydrogen) atoms. The smallest absolute Gasteiger partial charge is 0.305 e. The SMILES string of the molecule is CCOc1ccc(C(=O)NNC(=O)c2oc3ccccc3c2CSc2nc(C)cs2)cc1OC. The lowest BCUT2D eigenvalue weighted by molar-refractivity contribution is 0.0831. The van der Waals surface area contributed by atoms with Crippen LogP contribution in [-0.2, 0) is 5.75 Å². The predicted molar refractivity (Wildman–Crippen MR) is 132 cm³/mol. The summed E-state index contributed by atoms with van der Waals surface area (Å²) >= 11 is 3.08. The van der Waals surface area contributed by atoms with E-state index in [2.05, 4.69) is 15.8 Å². The summed E-state index contributed by atoms with van der Waals surface area (Å²) in [7, 11) is 1.50. The summed E-state index contributed by atoms with van der Waals surface area (Å²) in [6.07, 6.45) is 0. The molecule has 2 heterocycles. The Balaban J connectivity index is 1.50. The highest BCUT2D eigenvalue weighted by Gasteiger charge is 2.22. The zero-order valence-corrected chi connectivity index (χ0v) is 20.5. The van der Waals surface area contributed by atoms with E-state index in [1.165, 1.54) is 18.9 Å². The number of aryl methyl sites for hydroxylation is 1. The van der Waals surface area contributed by atoms with Gasteiger partial charge >= 0.3 is 5.91 Å². The number of nitrogens with zero attached hydrogens (tertiary/aromatic N) is 1. The maximum atomic E-state index is 13.0. The maximum absolute atomic E-state index is 13.0. The Hall–Kier alpha value is -3.50. The highest BCUT2D eigenvalue weighted by Crippen LogP contribution is 2.33. The molecule has 0 spiro atoms. The molecule has 4 rings (SSSR count). The lowest BCUT2D eigenvalue weighted by Crippen LogP contribution is -2.41. The quantitative estimate of drug-likeness (QED) is 0.262. The van der Waals surface area contributed by atoms with Gasteiger partial charge in [0.05, 0.1) is 13.7 Å². The van der Waals surface area contributed by atoms with Crippen molar-refractivity contribution in [2.45, 2.75) is 23.9 Å². The zero-order chi connectivity index (χ0) is 24.1. The summed E-state index contributed by atoms with van der Waals surface area (Å²) in [5.41, 5.74) is 7.49. The van der Waals surface area contributed by atoms with E-state index in [9.17, 15) is 9.59 Å². The summed E-state index contributed by atoms with van der Waals surface area (Å²) in [5.74, 6) is 0.553. The van der Waals surface area contributed by atoms with Gasteiger partial charge in [-0.2, -0.15) is 0 Å². The van der Waals surface area contributed by atoms with Crippen molar-refractivity contribution in [2.75, 3.05) is 13.7 Å². The van der Waals surface area contributed by atoms with Crippen molar-refractivity contribution in [2.24, 2.45) is 0 Å². The molecule has 0 aliphatic heterocycles. The Bertz CT molecular complexity index is 1330. The molecular formula is C24H23N3O5S2. The topological polar surface area (TPSA) is 103 Å². The number of carbonyl (C=O) groups is 2. The number of aromatic nitrogens is 1. The first-order valence-electron chi connectivity index (χ1n) is 10.5. The number of ether oxygens (including phenoxy) is 2. The zero-order valence-electron chi connectivity index (χ0n) is 18.8. The molecule has 8 nitrogen and oxygen atoms in total. The van der Waals surface area contributed by atoms with E-state index in [0.29, 0.717) is 35.0 Å². The average Bonchev–Trinajstić information content (AvgIpc) is 3.44. The number of nitrogens with one attached hydrogen (secondary N) is 2. The second-order valence-corrected chi connectivity index (χ2v) is 9.24. The van der Waals surface area contributed by atoms with Crippen LogP contribution in [0.15, 0.2) is 56.6 Å². The van der Waals surface area contributed by atoms with Gasteiger partial charge in [0.15, 0.2) is 17.3 Å². The Morgan fingerprint density at radius 3 is 2.65 bits per heavy atom. The third-order valence-corrected chi connectivity index (χ3v) is 7.02. The highest BCUT2D eigenvalue weighted by atomic mass is 32.2. The minimum absolute atomic E-state index is 0.145. The van der Waals surface area contributed by atoms with Gasteiger partial charge in [-0.1, -0.05) is 30.0 Å². The maximum Gasteiger partial charge on any atom is 0.305 e. The Labute approximate surface area is 204 Å². The normalized spacial score (nSPS) is 10.8. The number of benzene rings is 2. The van der Waals surface area contributed by atoms with Crippen LogP contribution in [0.4, 0.5) is 0 Å². The summed E-state index contributed by atoms with van der Waals surface area (Å²) in [6.45, 7) is 4.27. The van der Waals surface area contributed by atoms with Gasteiger partial charge < -0.3 is 13.9 Å². The van der Waals surface area contributed by atoms with Crippen molar-refractivity contribution in [3.63, 3.8) is 0 Å². The molecule has 2 aromatic heterocycles. The molecule has 4 aromatic rings. The number of rotatable bonds is 8. The molecule has 0 bridgehead atoms. The first kappa shape index (κ1) is 23.7. The molecule has 0 fully saturated rings. The lowest BCUT2D eigenvalue weighted by Gasteiger charge is -2.11. The number of hydrogen-bond donors (Lipinski definition) is 2. The van der Waals surface area contributed by atoms with Gasteiger partial charge in [-0.05, 0) is 38.1 Å². The molecule has 0 saturated carbocycles. The predicted octanol–water partition coefficient (Wildman–Crippen LogP) is 4.97. The molecule has 0 aliphatic rings. The molecule has 176 valence electrons. The van der Waals surface area contributed by atoms with E-state index in [4.69, 9.17) is 13.9 Å².